The fraction of sp³-hybridized carbons (Fsp3) is 0.350. The molecule has 0 atom stereocenters. The summed E-state index contributed by atoms with van der Waals surface area (Å²) in [6.45, 7) is 4.25. The number of sulfonamides is 1. The van der Waals surface area contributed by atoms with E-state index in [4.69, 9.17) is 4.74 Å². The van der Waals surface area contributed by atoms with E-state index < -0.39 is 15.9 Å². The molecule has 152 valence electrons. The largest absolute Gasteiger partial charge is 0.496 e. The van der Waals surface area contributed by atoms with Crippen molar-refractivity contribution < 1.29 is 17.9 Å². The lowest BCUT2D eigenvalue weighted by Crippen LogP contribution is -2.30. The number of carbonyl (C=O) groups is 1. The van der Waals surface area contributed by atoms with Gasteiger partial charge in [-0.15, -0.1) is 0 Å². The van der Waals surface area contributed by atoms with Crippen LogP contribution in [0.25, 0.3) is 0 Å². The molecule has 0 spiro atoms. The molecule has 7 nitrogen and oxygen atoms in total. The van der Waals surface area contributed by atoms with E-state index in [0.29, 0.717) is 24.5 Å². The minimum Gasteiger partial charge on any atom is -0.496 e. The van der Waals surface area contributed by atoms with Gasteiger partial charge in [0.1, 0.15) is 5.75 Å². The maximum atomic E-state index is 12.8. The number of benzene rings is 2. The number of hydrogen-bond acceptors (Lipinski definition) is 5. The lowest BCUT2D eigenvalue weighted by molar-refractivity contribution is 0.102. The summed E-state index contributed by atoms with van der Waals surface area (Å²) >= 11 is 0. The highest BCUT2D eigenvalue weighted by Gasteiger charge is 2.24. The van der Waals surface area contributed by atoms with Gasteiger partial charge in [0.2, 0.25) is 10.0 Å². The molecule has 0 unspecified atom stereocenters. The van der Waals surface area contributed by atoms with E-state index in [0.717, 1.165) is 5.69 Å². The van der Waals surface area contributed by atoms with Gasteiger partial charge in [0.05, 0.1) is 17.6 Å². The summed E-state index contributed by atoms with van der Waals surface area (Å²) in [7, 11) is 1.62. The minimum absolute atomic E-state index is 0.0603. The highest BCUT2D eigenvalue weighted by Crippen LogP contribution is 2.26. The quantitative estimate of drug-likeness (QED) is 0.730. The molecule has 2 aromatic rings. The zero-order valence-electron chi connectivity index (χ0n) is 16.9. The first-order valence-electron chi connectivity index (χ1n) is 9.01. The van der Waals surface area contributed by atoms with Crippen LogP contribution in [0.2, 0.25) is 0 Å². The maximum absolute atomic E-state index is 12.8. The number of amides is 1. The third-order valence-corrected chi connectivity index (χ3v) is 6.45. The lowest BCUT2D eigenvalue weighted by Gasteiger charge is -2.19. The predicted molar refractivity (Wildman–Crippen MR) is 112 cm³/mol. The van der Waals surface area contributed by atoms with Gasteiger partial charge in [-0.05, 0) is 42.5 Å². The number of rotatable bonds is 8. The van der Waals surface area contributed by atoms with Gasteiger partial charge in [0, 0.05) is 38.6 Å². The third-order valence-electron chi connectivity index (χ3n) is 4.40. The first kappa shape index (κ1) is 21.7. The highest BCUT2D eigenvalue weighted by molar-refractivity contribution is 7.89. The van der Waals surface area contributed by atoms with Crippen LogP contribution in [0.1, 0.15) is 24.2 Å². The molecule has 0 saturated carbocycles. The Balaban J connectivity index is 2.36. The van der Waals surface area contributed by atoms with Crippen molar-refractivity contribution in [3.63, 3.8) is 0 Å². The number of nitrogens with zero attached hydrogens (tertiary/aromatic N) is 2. The van der Waals surface area contributed by atoms with E-state index in [1.54, 1.807) is 26.0 Å². The van der Waals surface area contributed by atoms with E-state index in [9.17, 15) is 13.2 Å². The summed E-state index contributed by atoms with van der Waals surface area (Å²) in [5.74, 6) is -0.132. The number of anilines is 2. The Morgan fingerprint density at radius 2 is 1.64 bits per heavy atom. The molecule has 2 aromatic carbocycles. The second kappa shape index (κ2) is 9.07. The molecule has 0 fully saturated rings. The summed E-state index contributed by atoms with van der Waals surface area (Å²) in [6.07, 6.45) is 0. The molecule has 2 rings (SSSR count). The Kier molecular flexibility index (Phi) is 7.04. The van der Waals surface area contributed by atoms with Crippen LogP contribution in [0.3, 0.4) is 0 Å². The topological polar surface area (TPSA) is 78.9 Å². The number of ether oxygens (including phenoxy) is 1. The van der Waals surface area contributed by atoms with Crippen molar-refractivity contribution in [1.29, 1.82) is 0 Å². The standard InChI is InChI=1S/C20H27N3O4S/c1-6-23(7-2)28(25,26)17-12-13-19(27-5)18(14-17)20(24)21-15-8-10-16(11-9-15)22(3)4/h8-14H,6-7H2,1-5H3,(H,21,24). The van der Waals surface area contributed by atoms with E-state index in [1.807, 2.05) is 31.1 Å². The Bertz CT molecular complexity index is 921. The van der Waals surface area contributed by atoms with Crippen LogP contribution in [0.5, 0.6) is 5.75 Å². The van der Waals surface area contributed by atoms with Crippen molar-refractivity contribution in [2.45, 2.75) is 18.7 Å². The van der Waals surface area contributed by atoms with Gasteiger partial charge in [-0.3, -0.25) is 4.79 Å². The second-order valence-electron chi connectivity index (χ2n) is 6.35. The molecular weight excluding hydrogens is 378 g/mol. The second-order valence-corrected chi connectivity index (χ2v) is 8.28. The molecule has 0 aliphatic rings. The number of carbonyl (C=O) groups excluding carboxylic acids is 1. The van der Waals surface area contributed by atoms with Crippen LogP contribution in [-0.2, 0) is 10.0 Å². The first-order chi connectivity index (χ1) is 13.2. The van der Waals surface area contributed by atoms with E-state index >= 15 is 0 Å². The van der Waals surface area contributed by atoms with Gasteiger partial charge < -0.3 is 15.0 Å². The zero-order valence-corrected chi connectivity index (χ0v) is 17.7. The minimum atomic E-state index is -3.68. The first-order valence-corrected chi connectivity index (χ1v) is 10.5. The molecule has 0 aromatic heterocycles. The Labute approximate surface area is 167 Å². The molecule has 0 aliphatic carbocycles. The average Bonchev–Trinajstić information content (AvgIpc) is 2.68. The van der Waals surface area contributed by atoms with Crippen LogP contribution in [0, 0.1) is 0 Å². The van der Waals surface area contributed by atoms with E-state index in [1.165, 1.54) is 29.6 Å². The number of hydrogen-bond donors (Lipinski definition) is 1. The van der Waals surface area contributed by atoms with E-state index in [2.05, 4.69) is 5.32 Å². The third kappa shape index (κ3) is 4.63. The summed E-state index contributed by atoms with van der Waals surface area (Å²) in [5, 5.41) is 2.79. The lowest BCUT2D eigenvalue weighted by atomic mass is 10.1. The van der Waals surface area contributed by atoms with Gasteiger partial charge in [-0.1, -0.05) is 13.8 Å². The smallest absolute Gasteiger partial charge is 0.259 e. The summed E-state index contributed by atoms with van der Waals surface area (Å²) in [6, 6.07) is 11.7. The Morgan fingerprint density at radius 3 is 2.14 bits per heavy atom. The van der Waals surface area contributed by atoms with Crippen molar-refractivity contribution in [2.24, 2.45) is 0 Å². The monoisotopic (exact) mass is 405 g/mol. The van der Waals surface area contributed by atoms with Crippen molar-refractivity contribution in [3.05, 3.63) is 48.0 Å². The van der Waals surface area contributed by atoms with Crippen molar-refractivity contribution >= 4 is 27.3 Å². The SMILES string of the molecule is CCN(CC)S(=O)(=O)c1ccc(OC)c(C(=O)Nc2ccc(N(C)C)cc2)c1. The average molecular weight is 406 g/mol. The Hall–Kier alpha value is -2.58. The van der Waals surface area contributed by atoms with Crippen LogP contribution in [-0.4, -0.2) is 52.9 Å². The van der Waals surface area contributed by atoms with Gasteiger partial charge in [0.15, 0.2) is 0 Å². The van der Waals surface area contributed by atoms with E-state index in [-0.39, 0.29) is 10.5 Å². The fourth-order valence-electron chi connectivity index (χ4n) is 2.78. The molecule has 0 radical (unpaired) electrons. The molecule has 0 bridgehead atoms. The highest BCUT2D eigenvalue weighted by atomic mass is 32.2. The van der Waals surface area contributed by atoms with Crippen LogP contribution >= 0.6 is 0 Å². The molecule has 28 heavy (non-hydrogen) atoms. The van der Waals surface area contributed by atoms with Crippen molar-refractivity contribution in [1.82, 2.24) is 4.31 Å². The van der Waals surface area contributed by atoms with Gasteiger partial charge in [-0.2, -0.15) is 4.31 Å². The summed E-state index contributed by atoms with van der Waals surface area (Å²) < 4.78 is 32.2. The van der Waals surface area contributed by atoms with Crippen LogP contribution in [0.4, 0.5) is 11.4 Å². The van der Waals surface area contributed by atoms with Gasteiger partial charge in [0.25, 0.3) is 5.91 Å². The van der Waals surface area contributed by atoms with Gasteiger partial charge in [-0.25, -0.2) is 8.42 Å². The summed E-state index contributed by atoms with van der Waals surface area (Å²) in [5.41, 5.74) is 1.77. The maximum Gasteiger partial charge on any atom is 0.259 e. The van der Waals surface area contributed by atoms with Crippen LogP contribution < -0.4 is 15.0 Å². The molecule has 0 heterocycles. The van der Waals surface area contributed by atoms with Gasteiger partial charge >= 0.3 is 0 Å². The van der Waals surface area contributed by atoms with Crippen LogP contribution in [0.15, 0.2) is 47.4 Å². The molecule has 1 amide bonds. The molecule has 1 N–H and O–H groups in total. The Morgan fingerprint density at radius 1 is 1.04 bits per heavy atom. The van der Waals surface area contributed by atoms with Crippen molar-refractivity contribution in [2.75, 3.05) is 44.5 Å². The molecule has 0 aliphatic heterocycles. The zero-order chi connectivity index (χ0) is 20.9. The predicted octanol–water partition coefficient (Wildman–Crippen LogP) is 3.04. The molecule has 8 heteroatoms. The van der Waals surface area contributed by atoms with Crippen molar-refractivity contribution in [3.8, 4) is 5.75 Å². The summed E-state index contributed by atoms with van der Waals surface area (Å²) in [4.78, 5) is 14.8. The molecule has 0 saturated heterocycles. The number of methoxy groups -OCH3 is 1. The fourth-order valence-corrected chi connectivity index (χ4v) is 4.26. The normalized spacial score (nSPS) is 11.4. The molecular formula is C20H27N3O4S. The number of nitrogens with one attached hydrogen (secondary N) is 1.